The van der Waals surface area contributed by atoms with Crippen molar-refractivity contribution in [2.75, 3.05) is 19.5 Å². The van der Waals surface area contributed by atoms with E-state index in [-0.39, 0.29) is 11.5 Å². The van der Waals surface area contributed by atoms with Crippen LogP contribution in [-0.4, -0.2) is 29.9 Å². The number of carbonyl (C=O) groups excluding carboxylic acids is 1. The molecule has 0 spiro atoms. The Labute approximate surface area is 193 Å². The molecule has 1 aliphatic carbocycles. The van der Waals surface area contributed by atoms with Crippen LogP contribution in [0.5, 0.6) is 11.5 Å². The Hall–Kier alpha value is -3.61. The molecule has 0 saturated carbocycles. The summed E-state index contributed by atoms with van der Waals surface area (Å²) in [4.78, 5) is 26.5. The maximum absolute atomic E-state index is 13.3. The van der Waals surface area contributed by atoms with Crippen molar-refractivity contribution in [3.8, 4) is 22.8 Å². The highest BCUT2D eigenvalue weighted by Crippen LogP contribution is 2.30. The first-order valence-corrected chi connectivity index (χ1v) is 11.2. The number of anilines is 1. The fourth-order valence-electron chi connectivity index (χ4n) is 4.20. The Morgan fingerprint density at radius 2 is 1.61 bits per heavy atom. The number of hydrogen-bond acceptors (Lipinski definition) is 5. The van der Waals surface area contributed by atoms with Gasteiger partial charge >= 0.3 is 0 Å². The Kier molecular flexibility index (Phi) is 6.49. The number of carbonyl (C=O) groups is 1. The molecule has 1 N–H and O–H groups in total. The van der Waals surface area contributed by atoms with Crippen molar-refractivity contribution in [1.29, 1.82) is 0 Å². The summed E-state index contributed by atoms with van der Waals surface area (Å²) in [6.45, 7) is 3.73. The number of methoxy groups -OCH3 is 2. The molecule has 0 saturated heterocycles. The summed E-state index contributed by atoms with van der Waals surface area (Å²) in [5.74, 6) is 0.775. The summed E-state index contributed by atoms with van der Waals surface area (Å²) < 4.78 is 11.9. The summed E-state index contributed by atoms with van der Waals surface area (Å²) in [6.07, 6.45) is 3.53. The number of hydrogen-bond donors (Lipinski definition) is 1. The number of amides is 1. The number of nitrogens with one attached hydrogen (secondary N) is 1. The van der Waals surface area contributed by atoms with Crippen molar-refractivity contribution in [2.45, 2.75) is 45.6 Å². The molecule has 1 atom stereocenters. The first-order valence-electron chi connectivity index (χ1n) is 11.2. The fourth-order valence-corrected chi connectivity index (χ4v) is 4.20. The topological polar surface area (TPSA) is 82.5 Å². The molecule has 4 rings (SSSR count). The van der Waals surface area contributed by atoms with E-state index in [1.54, 1.807) is 39.3 Å². The molecule has 1 aliphatic rings. The molecule has 7 nitrogen and oxygen atoms in total. The van der Waals surface area contributed by atoms with Crippen LogP contribution >= 0.6 is 0 Å². The highest BCUT2D eigenvalue weighted by molar-refractivity contribution is 5.93. The van der Waals surface area contributed by atoms with Crippen molar-refractivity contribution in [3.63, 3.8) is 0 Å². The van der Waals surface area contributed by atoms with Gasteiger partial charge in [0.05, 0.1) is 19.9 Å². The number of nitrogens with zero attached hydrogens (tertiary/aromatic N) is 2. The average Bonchev–Trinajstić information content (AvgIpc) is 2.84. The van der Waals surface area contributed by atoms with Crippen LogP contribution in [0.15, 0.2) is 47.3 Å². The quantitative estimate of drug-likeness (QED) is 0.609. The van der Waals surface area contributed by atoms with Crippen LogP contribution in [0, 0.1) is 6.92 Å². The third kappa shape index (κ3) is 4.62. The predicted octanol–water partition coefficient (Wildman–Crippen LogP) is 4.31. The van der Waals surface area contributed by atoms with Crippen molar-refractivity contribution >= 4 is 11.6 Å². The molecule has 0 bridgehead atoms. The average molecular weight is 448 g/mol. The van der Waals surface area contributed by atoms with Crippen LogP contribution in [-0.2, 0) is 17.6 Å². The summed E-state index contributed by atoms with van der Waals surface area (Å²) >= 11 is 0. The SMILES string of the molecule is COc1cc(NC(=O)[C@H](C)n2nc(-c3ccc(C)cc3)c3c(c2=O)CCCC3)cc(OC)c1. The first kappa shape index (κ1) is 22.6. The number of benzene rings is 2. The van der Waals surface area contributed by atoms with Crippen LogP contribution in [0.25, 0.3) is 11.3 Å². The molecule has 33 heavy (non-hydrogen) atoms. The van der Waals surface area contributed by atoms with Crippen molar-refractivity contribution < 1.29 is 14.3 Å². The van der Waals surface area contributed by atoms with Gasteiger partial charge in [-0.15, -0.1) is 0 Å². The molecular formula is C26H29N3O4. The summed E-state index contributed by atoms with van der Waals surface area (Å²) in [7, 11) is 3.10. The van der Waals surface area contributed by atoms with Gasteiger partial charge in [-0.3, -0.25) is 9.59 Å². The third-order valence-corrected chi connectivity index (χ3v) is 6.12. The van der Waals surface area contributed by atoms with E-state index < -0.39 is 6.04 Å². The molecule has 0 unspecified atom stereocenters. The van der Waals surface area contributed by atoms with Gasteiger partial charge in [0.25, 0.3) is 5.56 Å². The summed E-state index contributed by atoms with van der Waals surface area (Å²) in [6, 6.07) is 12.4. The third-order valence-electron chi connectivity index (χ3n) is 6.12. The largest absolute Gasteiger partial charge is 0.497 e. The normalized spacial score (nSPS) is 13.7. The minimum atomic E-state index is -0.800. The number of rotatable bonds is 6. The zero-order chi connectivity index (χ0) is 23.5. The predicted molar refractivity (Wildman–Crippen MR) is 128 cm³/mol. The molecule has 0 fully saturated rings. The Morgan fingerprint density at radius 3 is 2.21 bits per heavy atom. The Balaban J connectivity index is 1.72. The van der Waals surface area contributed by atoms with Crippen molar-refractivity contribution in [3.05, 3.63) is 69.5 Å². The van der Waals surface area contributed by atoms with E-state index in [0.29, 0.717) is 23.6 Å². The molecule has 1 amide bonds. The molecule has 0 radical (unpaired) electrons. The lowest BCUT2D eigenvalue weighted by molar-refractivity contribution is -0.119. The van der Waals surface area contributed by atoms with E-state index in [1.807, 2.05) is 31.2 Å². The lowest BCUT2D eigenvalue weighted by Crippen LogP contribution is -2.37. The summed E-state index contributed by atoms with van der Waals surface area (Å²) in [5, 5.41) is 7.57. The second-order valence-electron chi connectivity index (χ2n) is 8.40. The number of fused-ring (bicyclic) bond motifs is 1. The number of aryl methyl sites for hydroxylation is 1. The van der Waals surface area contributed by atoms with Gasteiger partial charge in [-0.05, 0) is 45.1 Å². The molecule has 7 heteroatoms. The number of aromatic nitrogens is 2. The highest BCUT2D eigenvalue weighted by atomic mass is 16.5. The van der Waals surface area contributed by atoms with E-state index in [0.717, 1.165) is 47.2 Å². The van der Waals surface area contributed by atoms with Crippen molar-refractivity contribution in [1.82, 2.24) is 9.78 Å². The molecular weight excluding hydrogens is 418 g/mol. The van der Waals surface area contributed by atoms with Gasteiger partial charge in [0, 0.05) is 35.0 Å². The maximum atomic E-state index is 13.3. The zero-order valence-electron chi connectivity index (χ0n) is 19.5. The lowest BCUT2D eigenvalue weighted by atomic mass is 9.89. The summed E-state index contributed by atoms with van der Waals surface area (Å²) in [5.41, 5.74) is 5.01. The van der Waals surface area contributed by atoms with Gasteiger partial charge < -0.3 is 14.8 Å². The van der Waals surface area contributed by atoms with Crippen LogP contribution < -0.4 is 20.3 Å². The van der Waals surface area contributed by atoms with E-state index in [1.165, 1.54) is 4.68 Å². The van der Waals surface area contributed by atoms with E-state index >= 15 is 0 Å². The van der Waals surface area contributed by atoms with E-state index in [9.17, 15) is 9.59 Å². The van der Waals surface area contributed by atoms with E-state index in [4.69, 9.17) is 14.6 Å². The van der Waals surface area contributed by atoms with E-state index in [2.05, 4.69) is 5.32 Å². The lowest BCUT2D eigenvalue weighted by Gasteiger charge is -2.23. The Bertz CT molecular complexity index is 1210. The number of ether oxygens (including phenoxy) is 2. The van der Waals surface area contributed by atoms with Gasteiger partial charge in [0.15, 0.2) is 0 Å². The van der Waals surface area contributed by atoms with Crippen LogP contribution in [0.1, 0.15) is 42.5 Å². The van der Waals surface area contributed by atoms with Gasteiger partial charge in [0.1, 0.15) is 17.5 Å². The second-order valence-corrected chi connectivity index (χ2v) is 8.40. The van der Waals surface area contributed by atoms with Gasteiger partial charge in [0.2, 0.25) is 5.91 Å². The van der Waals surface area contributed by atoms with Crippen LogP contribution in [0.4, 0.5) is 5.69 Å². The molecule has 3 aromatic rings. The highest BCUT2D eigenvalue weighted by Gasteiger charge is 2.26. The minimum Gasteiger partial charge on any atom is -0.497 e. The fraction of sp³-hybridized carbons (Fsp3) is 0.346. The zero-order valence-corrected chi connectivity index (χ0v) is 19.5. The standard InChI is InChI=1S/C26H29N3O4/c1-16-9-11-18(12-10-16)24-22-7-5-6-8-23(22)26(31)29(28-24)17(2)25(30)27-19-13-20(32-3)15-21(14-19)33-4/h9-15,17H,5-8H2,1-4H3,(H,27,30)/t17-/m0/s1. The molecule has 0 aliphatic heterocycles. The van der Waals surface area contributed by atoms with Gasteiger partial charge in [-0.25, -0.2) is 4.68 Å². The molecule has 172 valence electrons. The Morgan fingerprint density at radius 1 is 1.00 bits per heavy atom. The second kappa shape index (κ2) is 9.48. The first-order chi connectivity index (χ1) is 15.9. The smallest absolute Gasteiger partial charge is 0.271 e. The van der Waals surface area contributed by atoms with Gasteiger partial charge in [-0.1, -0.05) is 29.8 Å². The monoisotopic (exact) mass is 447 g/mol. The van der Waals surface area contributed by atoms with Crippen LogP contribution in [0.2, 0.25) is 0 Å². The molecule has 1 aromatic heterocycles. The molecule has 2 aromatic carbocycles. The molecule has 1 heterocycles. The van der Waals surface area contributed by atoms with Crippen molar-refractivity contribution in [2.24, 2.45) is 0 Å². The maximum Gasteiger partial charge on any atom is 0.271 e. The minimum absolute atomic E-state index is 0.188. The van der Waals surface area contributed by atoms with Crippen LogP contribution in [0.3, 0.4) is 0 Å². The van der Waals surface area contributed by atoms with Gasteiger partial charge in [-0.2, -0.15) is 5.10 Å².